The van der Waals surface area contributed by atoms with Crippen molar-refractivity contribution in [1.82, 2.24) is 10.3 Å². The van der Waals surface area contributed by atoms with E-state index in [2.05, 4.69) is 41.5 Å². The highest BCUT2D eigenvalue weighted by molar-refractivity contribution is 5.38. The van der Waals surface area contributed by atoms with Gasteiger partial charge in [0, 0.05) is 6.20 Å². The van der Waals surface area contributed by atoms with E-state index in [1.165, 1.54) is 11.1 Å². The van der Waals surface area contributed by atoms with Crippen LogP contribution < -0.4 is 10.1 Å². The Hall–Kier alpha value is -1.87. The van der Waals surface area contributed by atoms with Crippen LogP contribution in [0.3, 0.4) is 0 Å². The second-order valence-corrected chi connectivity index (χ2v) is 5.65. The third kappa shape index (κ3) is 2.93. The summed E-state index contributed by atoms with van der Waals surface area (Å²) in [5.74, 6) is 1.56. The van der Waals surface area contributed by atoms with Crippen molar-refractivity contribution in [3.8, 4) is 5.75 Å². The van der Waals surface area contributed by atoms with E-state index in [1.807, 2.05) is 25.4 Å². The maximum Gasteiger partial charge on any atom is 0.122 e. The van der Waals surface area contributed by atoms with Gasteiger partial charge in [0.05, 0.1) is 18.3 Å². The van der Waals surface area contributed by atoms with E-state index in [4.69, 9.17) is 4.74 Å². The van der Waals surface area contributed by atoms with Crippen LogP contribution in [0.1, 0.15) is 41.6 Å². The van der Waals surface area contributed by atoms with Crippen LogP contribution in [0, 0.1) is 6.92 Å². The summed E-state index contributed by atoms with van der Waals surface area (Å²) in [5.41, 5.74) is 3.73. The Morgan fingerprint density at radius 3 is 2.95 bits per heavy atom. The van der Waals surface area contributed by atoms with Gasteiger partial charge in [-0.15, -0.1) is 0 Å². The van der Waals surface area contributed by atoms with Crippen LogP contribution in [-0.2, 0) is 0 Å². The Labute approximate surface area is 126 Å². The highest BCUT2D eigenvalue weighted by Crippen LogP contribution is 2.38. The zero-order valence-corrected chi connectivity index (χ0v) is 12.7. The maximum absolute atomic E-state index is 5.76. The Morgan fingerprint density at radius 1 is 1.29 bits per heavy atom. The number of fused-ring (bicyclic) bond motifs is 1. The van der Waals surface area contributed by atoms with Crippen LogP contribution in [-0.4, -0.2) is 18.6 Å². The minimum atomic E-state index is 0.280. The zero-order chi connectivity index (χ0) is 14.7. The molecule has 1 aliphatic heterocycles. The molecular weight excluding hydrogens is 260 g/mol. The van der Waals surface area contributed by atoms with E-state index in [0.29, 0.717) is 5.92 Å². The lowest BCUT2D eigenvalue weighted by Gasteiger charge is -2.29. The normalized spacial score (nSPS) is 18.7. The molecule has 0 fully saturated rings. The predicted octanol–water partition coefficient (Wildman–Crippen LogP) is 3.61. The summed E-state index contributed by atoms with van der Waals surface area (Å²) >= 11 is 0. The standard InChI is InChI=1S/C18H22N2O/c1-13-6-5-10-20-18(13)16(19-2)12-14-9-11-21-17-8-4-3-7-15(14)17/h3-8,10,14,16,19H,9,11-12H2,1-2H3. The molecule has 1 N–H and O–H groups in total. The lowest BCUT2D eigenvalue weighted by molar-refractivity contribution is 0.256. The SMILES string of the molecule is CNC(CC1CCOc2ccccc21)c1ncccc1C. The first-order chi connectivity index (χ1) is 10.3. The minimum absolute atomic E-state index is 0.280. The van der Waals surface area contributed by atoms with E-state index in [0.717, 1.165) is 30.9 Å². The molecule has 0 saturated carbocycles. The van der Waals surface area contributed by atoms with Crippen LogP contribution in [0.2, 0.25) is 0 Å². The summed E-state index contributed by atoms with van der Waals surface area (Å²) in [6.07, 6.45) is 4.00. The molecule has 0 saturated heterocycles. The fraction of sp³-hybridized carbons (Fsp3) is 0.389. The van der Waals surface area contributed by atoms with E-state index in [-0.39, 0.29) is 6.04 Å². The fourth-order valence-corrected chi connectivity index (χ4v) is 3.17. The van der Waals surface area contributed by atoms with Crippen molar-refractivity contribution >= 4 is 0 Å². The lowest BCUT2D eigenvalue weighted by atomic mass is 9.86. The van der Waals surface area contributed by atoms with Crippen LogP contribution in [0.15, 0.2) is 42.6 Å². The van der Waals surface area contributed by atoms with Crippen LogP contribution in [0.25, 0.3) is 0 Å². The number of para-hydroxylation sites is 1. The molecule has 3 heteroatoms. The minimum Gasteiger partial charge on any atom is -0.493 e. The Morgan fingerprint density at radius 2 is 2.14 bits per heavy atom. The summed E-state index contributed by atoms with van der Waals surface area (Å²) in [6.45, 7) is 2.93. The van der Waals surface area contributed by atoms with Crippen LogP contribution in [0.4, 0.5) is 0 Å². The predicted molar refractivity (Wildman–Crippen MR) is 84.7 cm³/mol. The summed E-state index contributed by atoms with van der Waals surface area (Å²) in [7, 11) is 2.02. The molecule has 110 valence electrons. The largest absolute Gasteiger partial charge is 0.493 e. The van der Waals surface area contributed by atoms with Gasteiger partial charge in [0.2, 0.25) is 0 Å². The van der Waals surface area contributed by atoms with Crippen molar-refractivity contribution in [3.05, 3.63) is 59.4 Å². The second-order valence-electron chi connectivity index (χ2n) is 5.65. The molecule has 0 bridgehead atoms. The number of ether oxygens (including phenoxy) is 1. The second kappa shape index (κ2) is 6.27. The Kier molecular flexibility index (Phi) is 4.20. The number of benzene rings is 1. The van der Waals surface area contributed by atoms with Crippen LogP contribution in [0.5, 0.6) is 5.75 Å². The van der Waals surface area contributed by atoms with Gasteiger partial charge in [0.15, 0.2) is 0 Å². The average Bonchev–Trinajstić information content (AvgIpc) is 2.53. The number of pyridine rings is 1. The van der Waals surface area contributed by atoms with Gasteiger partial charge < -0.3 is 10.1 Å². The van der Waals surface area contributed by atoms with E-state index in [9.17, 15) is 0 Å². The molecule has 2 atom stereocenters. The van der Waals surface area contributed by atoms with Crippen molar-refractivity contribution < 1.29 is 4.74 Å². The van der Waals surface area contributed by atoms with Gasteiger partial charge in [0.1, 0.15) is 5.75 Å². The summed E-state index contributed by atoms with van der Waals surface area (Å²) in [5, 5.41) is 3.43. The molecule has 0 spiro atoms. The van der Waals surface area contributed by atoms with Gasteiger partial charge in [-0.2, -0.15) is 0 Å². The van der Waals surface area contributed by atoms with E-state index in [1.54, 1.807) is 0 Å². The van der Waals surface area contributed by atoms with Gasteiger partial charge >= 0.3 is 0 Å². The number of hydrogen-bond acceptors (Lipinski definition) is 3. The first-order valence-electron chi connectivity index (χ1n) is 7.60. The number of aromatic nitrogens is 1. The van der Waals surface area contributed by atoms with Crippen molar-refractivity contribution in [2.45, 2.75) is 31.7 Å². The van der Waals surface area contributed by atoms with Crippen molar-refractivity contribution in [2.75, 3.05) is 13.7 Å². The molecule has 3 nitrogen and oxygen atoms in total. The average molecular weight is 282 g/mol. The van der Waals surface area contributed by atoms with Crippen LogP contribution >= 0.6 is 0 Å². The fourth-order valence-electron chi connectivity index (χ4n) is 3.17. The smallest absolute Gasteiger partial charge is 0.122 e. The number of hydrogen-bond donors (Lipinski definition) is 1. The van der Waals surface area contributed by atoms with E-state index >= 15 is 0 Å². The highest BCUT2D eigenvalue weighted by atomic mass is 16.5. The van der Waals surface area contributed by atoms with Crippen molar-refractivity contribution in [3.63, 3.8) is 0 Å². The molecule has 2 heterocycles. The third-order valence-corrected chi connectivity index (χ3v) is 4.33. The molecule has 2 unspecified atom stereocenters. The summed E-state index contributed by atoms with van der Waals surface area (Å²) in [4.78, 5) is 4.58. The molecule has 0 aliphatic carbocycles. The zero-order valence-electron chi connectivity index (χ0n) is 12.7. The topological polar surface area (TPSA) is 34.1 Å². The monoisotopic (exact) mass is 282 g/mol. The Balaban J connectivity index is 1.84. The molecule has 1 aromatic heterocycles. The van der Waals surface area contributed by atoms with E-state index < -0.39 is 0 Å². The number of nitrogens with zero attached hydrogens (tertiary/aromatic N) is 1. The number of nitrogens with one attached hydrogen (secondary N) is 1. The molecule has 1 aliphatic rings. The highest BCUT2D eigenvalue weighted by Gasteiger charge is 2.25. The first kappa shape index (κ1) is 14.1. The lowest BCUT2D eigenvalue weighted by Crippen LogP contribution is -2.24. The quantitative estimate of drug-likeness (QED) is 0.930. The maximum atomic E-state index is 5.76. The Bertz CT molecular complexity index is 612. The molecule has 1 aromatic carbocycles. The molecule has 21 heavy (non-hydrogen) atoms. The first-order valence-corrected chi connectivity index (χ1v) is 7.60. The van der Waals surface area contributed by atoms with Gasteiger partial charge in [-0.25, -0.2) is 0 Å². The molecule has 0 radical (unpaired) electrons. The van der Waals surface area contributed by atoms with Crippen molar-refractivity contribution in [1.29, 1.82) is 0 Å². The summed E-state index contributed by atoms with van der Waals surface area (Å²) in [6, 6.07) is 12.8. The van der Waals surface area contributed by atoms with Gasteiger partial charge in [-0.3, -0.25) is 4.98 Å². The molecule has 2 aromatic rings. The van der Waals surface area contributed by atoms with Crippen molar-refractivity contribution in [2.24, 2.45) is 0 Å². The molecule has 3 rings (SSSR count). The molecular formula is C18H22N2O. The summed E-state index contributed by atoms with van der Waals surface area (Å²) < 4.78 is 5.76. The van der Waals surface area contributed by atoms with Gasteiger partial charge in [-0.1, -0.05) is 24.3 Å². The number of aryl methyl sites for hydroxylation is 1. The van der Waals surface area contributed by atoms with Gasteiger partial charge in [0.25, 0.3) is 0 Å². The van der Waals surface area contributed by atoms with Gasteiger partial charge in [-0.05, 0) is 56.0 Å². The number of rotatable bonds is 4. The molecule has 0 amide bonds. The third-order valence-electron chi connectivity index (χ3n) is 4.33.